The van der Waals surface area contributed by atoms with E-state index in [2.05, 4.69) is 19.5 Å². The van der Waals surface area contributed by atoms with Crippen LogP contribution in [0.4, 0.5) is 0 Å². The monoisotopic (exact) mass is 203 g/mol. The maximum atomic E-state index is 11.1. The second-order valence-corrected chi connectivity index (χ2v) is 2.42. The molecule has 7 nitrogen and oxygen atoms in total. The molecular weight excluding hydrogens is 190 g/mol. The zero-order chi connectivity index (χ0) is 11.0. The van der Waals surface area contributed by atoms with Crippen molar-refractivity contribution in [2.45, 2.75) is 19.1 Å². The predicted octanol–water partition coefficient (Wildman–Crippen LogP) is 0.236. The second-order valence-electron chi connectivity index (χ2n) is 2.42. The molecule has 2 atom stereocenters. The van der Waals surface area contributed by atoms with Crippen molar-refractivity contribution in [2.75, 3.05) is 20.3 Å². The Morgan fingerprint density at radius 1 is 1.71 bits per heavy atom. The van der Waals surface area contributed by atoms with Crippen LogP contribution in [0, 0.1) is 0 Å². The fourth-order valence-electron chi connectivity index (χ4n) is 0.826. The zero-order valence-corrected chi connectivity index (χ0v) is 8.08. The zero-order valence-electron chi connectivity index (χ0n) is 8.08. The van der Waals surface area contributed by atoms with Crippen molar-refractivity contribution in [1.82, 2.24) is 0 Å². The van der Waals surface area contributed by atoms with E-state index >= 15 is 0 Å². The van der Waals surface area contributed by atoms with Crippen molar-refractivity contribution in [3.8, 4) is 0 Å². The highest BCUT2D eigenvalue weighted by atomic mass is 16.5. The number of methoxy groups -OCH3 is 1. The number of carbonyl (C=O) groups excluding carboxylic acids is 1. The summed E-state index contributed by atoms with van der Waals surface area (Å²) in [6, 6.07) is -1.25. The number of aliphatic hydroxyl groups is 1. The van der Waals surface area contributed by atoms with Gasteiger partial charge < -0.3 is 14.6 Å². The molecule has 0 aliphatic rings. The van der Waals surface area contributed by atoms with Crippen LogP contribution in [-0.4, -0.2) is 43.5 Å². The summed E-state index contributed by atoms with van der Waals surface area (Å²) < 4.78 is 9.22. The van der Waals surface area contributed by atoms with Crippen LogP contribution in [0.1, 0.15) is 6.92 Å². The number of carbonyl (C=O) groups is 1. The summed E-state index contributed by atoms with van der Waals surface area (Å²) in [7, 11) is 1.36. The van der Waals surface area contributed by atoms with E-state index in [1.54, 1.807) is 6.92 Å². The lowest BCUT2D eigenvalue weighted by Crippen LogP contribution is -2.36. The third kappa shape index (κ3) is 4.08. The van der Waals surface area contributed by atoms with E-state index in [4.69, 9.17) is 5.53 Å². The fraction of sp³-hybridized carbons (Fsp3) is 0.857. The first kappa shape index (κ1) is 12.7. The highest BCUT2D eigenvalue weighted by molar-refractivity contribution is 5.76. The first-order chi connectivity index (χ1) is 6.67. The lowest BCUT2D eigenvalue weighted by atomic mass is 10.2. The van der Waals surface area contributed by atoms with Gasteiger partial charge in [-0.25, -0.2) is 0 Å². The van der Waals surface area contributed by atoms with E-state index < -0.39 is 18.1 Å². The van der Waals surface area contributed by atoms with Gasteiger partial charge in [0.2, 0.25) is 0 Å². The molecule has 0 aromatic rings. The summed E-state index contributed by atoms with van der Waals surface area (Å²) in [5.74, 6) is -0.755. The van der Waals surface area contributed by atoms with Crippen molar-refractivity contribution in [3.63, 3.8) is 0 Å². The Kier molecular flexibility index (Phi) is 6.47. The average Bonchev–Trinajstić information content (AvgIpc) is 2.14. The van der Waals surface area contributed by atoms with Crippen LogP contribution in [0.3, 0.4) is 0 Å². The van der Waals surface area contributed by atoms with Crippen LogP contribution < -0.4 is 0 Å². The molecule has 7 heteroatoms. The molecular formula is C7H13N3O4. The summed E-state index contributed by atoms with van der Waals surface area (Å²) in [5.41, 5.74) is 8.17. The molecule has 1 N–H and O–H groups in total. The fourth-order valence-corrected chi connectivity index (χ4v) is 0.826. The molecule has 0 saturated heterocycles. The molecule has 80 valence electrons. The normalized spacial score (nSPS) is 13.9. The second kappa shape index (κ2) is 7.14. The Morgan fingerprint density at radius 3 is 2.79 bits per heavy atom. The van der Waals surface area contributed by atoms with Gasteiger partial charge in [0, 0.05) is 12.0 Å². The third-order valence-corrected chi connectivity index (χ3v) is 1.41. The standard InChI is InChI=1S/C7H13N3O4/c1-3-14-7(12)6(9-10-8)5(11)4-13-2/h5-6,11H,3-4H2,1-2H3/t5-,6-/m1/s1. The summed E-state index contributed by atoms with van der Waals surface area (Å²) in [4.78, 5) is 13.6. The molecule has 0 saturated carbocycles. The SMILES string of the molecule is CCOC(=O)[C@H](N=[N+]=[N-])[C@H](O)COC. The Labute approximate surface area is 81.2 Å². The average molecular weight is 203 g/mol. The van der Waals surface area contributed by atoms with Crippen LogP contribution in [0.25, 0.3) is 10.4 Å². The van der Waals surface area contributed by atoms with Crippen LogP contribution in [-0.2, 0) is 14.3 Å². The number of ether oxygens (including phenoxy) is 2. The van der Waals surface area contributed by atoms with E-state index in [9.17, 15) is 9.90 Å². The molecule has 0 aromatic carbocycles. The lowest BCUT2D eigenvalue weighted by molar-refractivity contribution is -0.148. The number of nitrogens with zero attached hydrogens (tertiary/aromatic N) is 3. The van der Waals surface area contributed by atoms with E-state index in [-0.39, 0.29) is 13.2 Å². The van der Waals surface area contributed by atoms with Gasteiger partial charge in [-0.1, -0.05) is 5.11 Å². The molecule has 0 unspecified atom stereocenters. The van der Waals surface area contributed by atoms with Gasteiger partial charge in [-0.3, -0.25) is 4.79 Å². The predicted molar refractivity (Wildman–Crippen MR) is 47.4 cm³/mol. The molecule has 0 radical (unpaired) electrons. The van der Waals surface area contributed by atoms with Crippen molar-refractivity contribution in [3.05, 3.63) is 10.4 Å². The number of hydrogen-bond acceptors (Lipinski definition) is 5. The Hall–Kier alpha value is -1.30. The van der Waals surface area contributed by atoms with Gasteiger partial charge in [0.25, 0.3) is 0 Å². The molecule has 0 heterocycles. The number of rotatable bonds is 6. The van der Waals surface area contributed by atoms with Gasteiger partial charge in [0.05, 0.1) is 19.3 Å². The molecule has 0 bridgehead atoms. The molecule has 0 fully saturated rings. The van der Waals surface area contributed by atoms with E-state index in [0.29, 0.717) is 0 Å². The minimum absolute atomic E-state index is 0.0947. The van der Waals surface area contributed by atoms with Crippen LogP contribution in [0.5, 0.6) is 0 Å². The number of hydrogen-bond donors (Lipinski definition) is 1. The van der Waals surface area contributed by atoms with E-state index in [1.807, 2.05) is 0 Å². The van der Waals surface area contributed by atoms with Crippen LogP contribution in [0.2, 0.25) is 0 Å². The minimum Gasteiger partial charge on any atom is -0.466 e. The molecule has 0 rings (SSSR count). The maximum Gasteiger partial charge on any atom is 0.317 e. The van der Waals surface area contributed by atoms with Gasteiger partial charge in [-0.15, -0.1) is 0 Å². The number of azide groups is 1. The first-order valence-electron chi connectivity index (χ1n) is 4.05. The van der Waals surface area contributed by atoms with Gasteiger partial charge in [0.15, 0.2) is 6.04 Å². The number of esters is 1. The summed E-state index contributed by atoms with van der Waals surface area (Å²) in [5, 5.41) is 12.5. The smallest absolute Gasteiger partial charge is 0.317 e. The van der Waals surface area contributed by atoms with Crippen molar-refractivity contribution in [2.24, 2.45) is 5.11 Å². The maximum absolute atomic E-state index is 11.1. The van der Waals surface area contributed by atoms with Gasteiger partial charge in [0.1, 0.15) is 0 Å². The first-order valence-corrected chi connectivity index (χ1v) is 4.05. The Morgan fingerprint density at radius 2 is 2.36 bits per heavy atom. The van der Waals surface area contributed by atoms with Gasteiger partial charge >= 0.3 is 5.97 Å². The van der Waals surface area contributed by atoms with Gasteiger partial charge in [-0.05, 0) is 12.5 Å². The Balaban J connectivity index is 4.41. The van der Waals surface area contributed by atoms with Crippen molar-refractivity contribution < 1.29 is 19.4 Å². The molecule has 0 amide bonds. The summed E-state index contributed by atoms with van der Waals surface area (Å²) >= 11 is 0. The van der Waals surface area contributed by atoms with Crippen molar-refractivity contribution >= 4 is 5.97 Å². The minimum atomic E-state index is -1.25. The summed E-state index contributed by atoms with van der Waals surface area (Å²) in [6.45, 7) is 1.69. The number of aliphatic hydroxyl groups excluding tert-OH is 1. The molecule has 0 aromatic heterocycles. The summed E-state index contributed by atoms with van der Waals surface area (Å²) in [6.07, 6.45) is -1.19. The largest absolute Gasteiger partial charge is 0.466 e. The van der Waals surface area contributed by atoms with Crippen LogP contribution >= 0.6 is 0 Å². The Bertz CT molecular complexity index is 227. The molecule has 0 aliphatic carbocycles. The highest BCUT2D eigenvalue weighted by Crippen LogP contribution is 2.03. The van der Waals surface area contributed by atoms with Crippen LogP contribution in [0.15, 0.2) is 5.11 Å². The van der Waals surface area contributed by atoms with E-state index in [1.165, 1.54) is 7.11 Å². The topological polar surface area (TPSA) is 105 Å². The third-order valence-electron chi connectivity index (χ3n) is 1.41. The van der Waals surface area contributed by atoms with E-state index in [0.717, 1.165) is 0 Å². The highest BCUT2D eigenvalue weighted by Gasteiger charge is 2.26. The molecule has 14 heavy (non-hydrogen) atoms. The molecule has 0 aliphatic heterocycles. The lowest BCUT2D eigenvalue weighted by Gasteiger charge is -2.15. The van der Waals surface area contributed by atoms with Gasteiger partial charge in [-0.2, -0.15) is 0 Å². The van der Waals surface area contributed by atoms with Crippen molar-refractivity contribution in [1.29, 1.82) is 0 Å². The molecule has 0 spiro atoms. The quantitative estimate of drug-likeness (QED) is 0.289.